The molecule has 3 N–H and O–H groups in total. The van der Waals surface area contributed by atoms with Crippen molar-refractivity contribution in [1.82, 2.24) is 15.0 Å². The van der Waals surface area contributed by atoms with Crippen LogP contribution in [0.1, 0.15) is 55.5 Å². The van der Waals surface area contributed by atoms with Gasteiger partial charge in [-0.2, -0.15) is 15.0 Å². The molecule has 2 aromatic rings. The van der Waals surface area contributed by atoms with Gasteiger partial charge in [0.2, 0.25) is 11.9 Å². The summed E-state index contributed by atoms with van der Waals surface area (Å²) in [5, 5.41) is 3.24. The van der Waals surface area contributed by atoms with Crippen molar-refractivity contribution in [1.29, 1.82) is 0 Å². The summed E-state index contributed by atoms with van der Waals surface area (Å²) < 4.78 is 6.06. The van der Waals surface area contributed by atoms with Crippen LogP contribution in [-0.4, -0.2) is 21.2 Å². The van der Waals surface area contributed by atoms with E-state index in [0.29, 0.717) is 11.9 Å². The monoisotopic (exact) mass is 327 g/mol. The molecule has 0 spiro atoms. The Bertz CT molecular complexity index is 694. The molecule has 24 heavy (non-hydrogen) atoms. The molecule has 0 saturated heterocycles. The number of aromatic nitrogens is 3. The third kappa shape index (κ3) is 3.93. The lowest BCUT2D eigenvalue weighted by molar-refractivity contribution is 0.224. The van der Waals surface area contributed by atoms with Crippen LogP contribution in [0.25, 0.3) is 0 Å². The third-order valence-electron chi connectivity index (χ3n) is 4.27. The van der Waals surface area contributed by atoms with E-state index in [1.54, 1.807) is 0 Å². The molecular weight excluding hydrogens is 302 g/mol. The molecule has 128 valence electrons. The second-order valence-electron chi connectivity index (χ2n) is 6.49. The molecule has 0 aliphatic heterocycles. The number of hydrogen-bond acceptors (Lipinski definition) is 6. The van der Waals surface area contributed by atoms with Crippen LogP contribution in [0.5, 0.6) is 5.75 Å². The van der Waals surface area contributed by atoms with E-state index in [1.807, 2.05) is 12.1 Å². The molecule has 6 heteroatoms. The molecule has 0 radical (unpaired) electrons. The second-order valence-corrected chi connectivity index (χ2v) is 6.49. The minimum absolute atomic E-state index is 0.220. The molecule has 0 bridgehead atoms. The van der Waals surface area contributed by atoms with Crippen LogP contribution in [-0.2, 0) is 0 Å². The van der Waals surface area contributed by atoms with Crippen LogP contribution in [0.3, 0.4) is 0 Å². The Morgan fingerprint density at radius 2 is 1.88 bits per heavy atom. The number of nitrogens with two attached hydrogens (primary N) is 1. The lowest BCUT2D eigenvalue weighted by Crippen LogP contribution is -2.27. The van der Waals surface area contributed by atoms with Gasteiger partial charge in [0.25, 0.3) is 0 Å². The van der Waals surface area contributed by atoms with E-state index in [0.717, 1.165) is 30.8 Å². The quantitative estimate of drug-likeness (QED) is 0.789. The molecule has 1 aromatic heterocycles. The molecule has 1 unspecified atom stereocenters. The summed E-state index contributed by atoms with van der Waals surface area (Å²) in [4.78, 5) is 13.0. The number of hydrogen-bond donors (Lipinski definition) is 2. The fraction of sp³-hybridized carbons (Fsp3) is 0.500. The molecule has 1 aromatic carbocycles. The maximum atomic E-state index is 6.06. The highest BCUT2D eigenvalue weighted by Gasteiger charge is 2.24. The highest BCUT2D eigenvalue weighted by atomic mass is 16.5. The minimum Gasteiger partial charge on any atom is -0.471 e. The number of rotatable bonds is 6. The third-order valence-corrected chi connectivity index (χ3v) is 4.27. The zero-order valence-electron chi connectivity index (χ0n) is 14.5. The first-order valence-electron chi connectivity index (χ1n) is 8.56. The van der Waals surface area contributed by atoms with Crippen molar-refractivity contribution in [3.05, 3.63) is 35.2 Å². The number of ether oxygens (including phenoxy) is 1. The van der Waals surface area contributed by atoms with Crippen molar-refractivity contribution in [3.63, 3.8) is 0 Å². The average Bonchev–Trinajstić information content (AvgIpc) is 2.43. The SMILES string of the molecule is CCC(Nc1nc(N)nc(C2CCC2)n1)Oc1cc(C)cc(C)c1. The number of anilines is 2. The van der Waals surface area contributed by atoms with Gasteiger partial charge in [-0.3, -0.25) is 0 Å². The lowest BCUT2D eigenvalue weighted by atomic mass is 9.85. The van der Waals surface area contributed by atoms with E-state index in [9.17, 15) is 0 Å². The van der Waals surface area contributed by atoms with Gasteiger partial charge >= 0.3 is 0 Å². The summed E-state index contributed by atoms with van der Waals surface area (Å²) in [5.74, 6) is 2.79. The average molecular weight is 327 g/mol. The van der Waals surface area contributed by atoms with E-state index < -0.39 is 0 Å². The van der Waals surface area contributed by atoms with E-state index in [-0.39, 0.29) is 12.2 Å². The Hall–Kier alpha value is -2.37. The van der Waals surface area contributed by atoms with Gasteiger partial charge in [0.15, 0.2) is 6.23 Å². The van der Waals surface area contributed by atoms with Gasteiger partial charge in [-0.25, -0.2) is 0 Å². The summed E-state index contributed by atoms with van der Waals surface area (Å²) in [6.07, 6.45) is 4.03. The molecule has 1 atom stereocenters. The summed E-state index contributed by atoms with van der Waals surface area (Å²) >= 11 is 0. The van der Waals surface area contributed by atoms with Crippen molar-refractivity contribution >= 4 is 11.9 Å². The largest absolute Gasteiger partial charge is 0.471 e. The van der Waals surface area contributed by atoms with Gasteiger partial charge in [0.05, 0.1) is 0 Å². The Balaban J connectivity index is 1.73. The van der Waals surface area contributed by atoms with Crippen molar-refractivity contribution in [2.45, 2.75) is 58.6 Å². The first kappa shape index (κ1) is 16.5. The zero-order valence-corrected chi connectivity index (χ0v) is 14.5. The smallest absolute Gasteiger partial charge is 0.230 e. The van der Waals surface area contributed by atoms with E-state index in [4.69, 9.17) is 10.5 Å². The number of benzene rings is 1. The first-order chi connectivity index (χ1) is 11.5. The second kappa shape index (κ2) is 7.03. The fourth-order valence-corrected chi connectivity index (χ4v) is 2.85. The van der Waals surface area contributed by atoms with Crippen molar-refractivity contribution in [2.24, 2.45) is 0 Å². The van der Waals surface area contributed by atoms with Crippen LogP contribution in [0.4, 0.5) is 11.9 Å². The van der Waals surface area contributed by atoms with Gasteiger partial charge in [-0.1, -0.05) is 19.4 Å². The molecule has 1 aliphatic carbocycles. The minimum atomic E-state index is -0.220. The van der Waals surface area contributed by atoms with Crippen LogP contribution >= 0.6 is 0 Å². The predicted octanol–water partition coefficient (Wildman–Crippen LogP) is 3.57. The topological polar surface area (TPSA) is 86.0 Å². The predicted molar refractivity (Wildman–Crippen MR) is 95.1 cm³/mol. The first-order valence-corrected chi connectivity index (χ1v) is 8.56. The van der Waals surface area contributed by atoms with Crippen molar-refractivity contribution < 1.29 is 4.74 Å². The van der Waals surface area contributed by atoms with Crippen LogP contribution in [0.15, 0.2) is 18.2 Å². The zero-order chi connectivity index (χ0) is 17.1. The molecule has 1 aliphatic rings. The van der Waals surface area contributed by atoms with Gasteiger partial charge in [0, 0.05) is 12.3 Å². The summed E-state index contributed by atoms with van der Waals surface area (Å²) in [7, 11) is 0. The highest BCUT2D eigenvalue weighted by molar-refractivity contribution is 5.35. The summed E-state index contributed by atoms with van der Waals surface area (Å²) in [5.41, 5.74) is 8.20. The van der Waals surface area contributed by atoms with Crippen molar-refractivity contribution in [2.75, 3.05) is 11.1 Å². The van der Waals surface area contributed by atoms with E-state index in [1.165, 1.54) is 17.5 Å². The fourth-order valence-electron chi connectivity index (χ4n) is 2.85. The normalized spacial score (nSPS) is 15.6. The Kier molecular flexibility index (Phi) is 4.83. The number of nitrogen functional groups attached to an aromatic ring is 1. The molecule has 0 amide bonds. The summed E-state index contributed by atoms with van der Waals surface area (Å²) in [6, 6.07) is 6.18. The van der Waals surface area contributed by atoms with Gasteiger partial charge in [-0.15, -0.1) is 0 Å². The molecule has 1 heterocycles. The van der Waals surface area contributed by atoms with Gasteiger partial charge in [0.1, 0.15) is 11.6 Å². The number of nitrogens with one attached hydrogen (secondary N) is 1. The molecule has 1 saturated carbocycles. The Morgan fingerprint density at radius 3 is 2.46 bits per heavy atom. The van der Waals surface area contributed by atoms with Crippen LogP contribution < -0.4 is 15.8 Å². The lowest BCUT2D eigenvalue weighted by Gasteiger charge is -2.24. The maximum Gasteiger partial charge on any atom is 0.230 e. The molecular formula is C18H25N5O. The highest BCUT2D eigenvalue weighted by Crippen LogP contribution is 2.34. The standard InChI is InChI=1S/C18H25N5O/c1-4-15(24-14-9-11(2)8-12(3)10-14)20-18-22-16(13-6-5-7-13)21-17(19)23-18/h8-10,13,15H,4-7H2,1-3H3,(H3,19,20,21,22,23). The maximum absolute atomic E-state index is 6.06. The van der Waals surface area contributed by atoms with E-state index in [2.05, 4.69) is 47.1 Å². The van der Waals surface area contributed by atoms with Crippen LogP contribution in [0, 0.1) is 13.8 Å². The molecule has 1 fully saturated rings. The van der Waals surface area contributed by atoms with Gasteiger partial charge in [-0.05, 0) is 49.9 Å². The van der Waals surface area contributed by atoms with E-state index >= 15 is 0 Å². The van der Waals surface area contributed by atoms with Gasteiger partial charge < -0.3 is 15.8 Å². The number of aryl methyl sites for hydroxylation is 2. The molecule has 3 rings (SSSR count). The Labute approximate surface area is 142 Å². The Morgan fingerprint density at radius 1 is 1.17 bits per heavy atom. The van der Waals surface area contributed by atoms with Crippen LogP contribution in [0.2, 0.25) is 0 Å². The molecule has 6 nitrogen and oxygen atoms in total. The number of nitrogens with zero attached hydrogens (tertiary/aromatic N) is 3. The summed E-state index contributed by atoms with van der Waals surface area (Å²) in [6.45, 7) is 6.18. The van der Waals surface area contributed by atoms with Crippen molar-refractivity contribution in [3.8, 4) is 5.75 Å².